The van der Waals surface area contributed by atoms with Gasteiger partial charge in [0.25, 0.3) is 5.91 Å². The third-order valence-corrected chi connectivity index (χ3v) is 4.40. The van der Waals surface area contributed by atoms with Crippen molar-refractivity contribution < 1.29 is 4.79 Å². The Morgan fingerprint density at radius 3 is 2.38 bits per heavy atom. The smallest absolute Gasteiger partial charge is 0.251 e. The van der Waals surface area contributed by atoms with Crippen LogP contribution in [0.15, 0.2) is 24.3 Å². The molecule has 3 heteroatoms. The molecule has 0 bridgehead atoms. The summed E-state index contributed by atoms with van der Waals surface area (Å²) in [6.07, 6.45) is 5.67. The highest BCUT2D eigenvalue weighted by molar-refractivity contribution is 5.94. The lowest BCUT2D eigenvalue weighted by molar-refractivity contribution is 0.0909. The number of benzene rings is 1. The maximum absolute atomic E-state index is 12.3. The van der Waals surface area contributed by atoms with Crippen molar-refractivity contribution in [2.75, 3.05) is 11.9 Å². The molecule has 21 heavy (non-hydrogen) atoms. The van der Waals surface area contributed by atoms with Crippen molar-refractivity contribution in [1.29, 1.82) is 0 Å². The van der Waals surface area contributed by atoms with Crippen LogP contribution >= 0.6 is 0 Å². The van der Waals surface area contributed by atoms with Gasteiger partial charge in [0.1, 0.15) is 0 Å². The molecule has 1 aliphatic carbocycles. The molecule has 2 N–H and O–H groups in total. The molecule has 1 fully saturated rings. The van der Waals surface area contributed by atoms with Crippen molar-refractivity contribution in [3.05, 3.63) is 29.8 Å². The molecule has 116 valence electrons. The number of hydrogen-bond acceptors (Lipinski definition) is 2. The predicted molar refractivity (Wildman–Crippen MR) is 88.7 cm³/mol. The van der Waals surface area contributed by atoms with Crippen LogP contribution in [-0.4, -0.2) is 18.5 Å². The Morgan fingerprint density at radius 2 is 1.81 bits per heavy atom. The first-order valence-corrected chi connectivity index (χ1v) is 8.15. The standard InChI is InChI=1S/C18H28N2O/c1-4-13-19-15-7-5-14(6-8-15)17(21)20-16-9-11-18(2,3)12-10-16/h5-8,16,19H,4,9-13H2,1-3H3,(H,20,21). The second-order valence-corrected chi connectivity index (χ2v) is 6.92. The zero-order valence-corrected chi connectivity index (χ0v) is 13.5. The molecule has 0 radical (unpaired) electrons. The van der Waals surface area contributed by atoms with E-state index in [-0.39, 0.29) is 5.91 Å². The predicted octanol–water partition coefficient (Wildman–Crippen LogP) is 4.21. The Kier molecular flexibility index (Phi) is 5.27. The van der Waals surface area contributed by atoms with Crippen LogP contribution in [0.5, 0.6) is 0 Å². The average molecular weight is 288 g/mol. The normalized spacial score (nSPS) is 18.2. The highest BCUT2D eigenvalue weighted by atomic mass is 16.1. The average Bonchev–Trinajstić information content (AvgIpc) is 2.48. The van der Waals surface area contributed by atoms with Gasteiger partial charge in [0.15, 0.2) is 0 Å². The van der Waals surface area contributed by atoms with E-state index in [0.29, 0.717) is 11.5 Å². The summed E-state index contributed by atoms with van der Waals surface area (Å²) in [7, 11) is 0. The van der Waals surface area contributed by atoms with Crippen LogP contribution < -0.4 is 10.6 Å². The zero-order valence-electron chi connectivity index (χ0n) is 13.5. The minimum atomic E-state index is 0.0572. The van der Waals surface area contributed by atoms with Gasteiger partial charge in [0.05, 0.1) is 0 Å². The summed E-state index contributed by atoms with van der Waals surface area (Å²) in [5.74, 6) is 0.0572. The Labute approximate surface area is 128 Å². The zero-order chi connectivity index (χ0) is 15.3. The third-order valence-electron chi connectivity index (χ3n) is 4.40. The Hall–Kier alpha value is -1.51. The molecule has 1 aromatic rings. The van der Waals surface area contributed by atoms with Crippen LogP contribution in [0.25, 0.3) is 0 Å². The molecule has 0 atom stereocenters. The lowest BCUT2D eigenvalue weighted by atomic mass is 9.75. The van der Waals surface area contributed by atoms with E-state index in [1.165, 1.54) is 12.8 Å². The summed E-state index contributed by atoms with van der Waals surface area (Å²) in [6, 6.07) is 8.10. The number of rotatable bonds is 5. The Morgan fingerprint density at radius 1 is 1.19 bits per heavy atom. The second kappa shape index (κ2) is 6.97. The van der Waals surface area contributed by atoms with Crippen LogP contribution in [0.1, 0.15) is 63.2 Å². The van der Waals surface area contributed by atoms with E-state index in [9.17, 15) is 4.79 Å². The van der Waals surface area contributed by atoms with Crippen LogP contribution in [0.4, 0.5) is 5.69 Å². The van der Waals surface area contributed by atoms with Crippen molar-refractivity contribution in [2.24, 2.45) is 5.41 Å². The third kappa shape index (κ3) is 4.76. The van der Waals surface area contributed by atoms with Gasteiger partial charge in [-0.3, -0.25) is 4.79 Å². The molecule has 0 aromatic heterocycles. The number of anilines is 1. The summed E-state index contributed by atoms with van der Waals surface area (Å²) in [4.78, 5) is 12.3. The monoisotopic (exact) mass is 288 g/mol. The lowest BCUT2D eigenvalue weighted by Gasteiger charge is -2.34. The molecular weight excluding hydrogens is 260 g/mol. The van der Waals surface area contributed by atoms with Crippen molar-refractivity contribution in [3.8, 4) is 0 Å². The van der Waals surface area contributed by atoms with Crippen LogP contribution in [0, 0.1) is 5.41 Å². The van der Waals surface area contributed by atoms with E-state index in [1.54, 1.807) is 0 Å². The number of hydrogen-bond donors (Lipinski definition) is 2. The molecule has 1 amide bonds. The fourth-order valence-electron chi connectivity index (χ4n) is 2.82. The molecule has 1 saturated carbocycles. The van der Waals surface area contributed by atoms with Crippen molar-refractivity contribution in [3.63, 3.8) is 0 Å². The molecule has 0 heterocycles. The van der Waals surface area contributed by atoms with Gasteiger partial charge in [0, 0.05) is 23.8 Å². The maximum Gasteiger partial charge on any atom is 0.251 e. The quantitative estimate of drug-likeness (QED) is 0.852. The van der Waals surface area contributed by atoms with E-state index >= 15 is 0 Å². The number of carbonyl (C=O) groups is 1. The minimum Gasteiger partial charge on any atom is -0.385 e. The first-order chi connectivity index (χ1) is 10.00. The summed E-state index contributed by atoms with van der Waals surface area (Å²) >= 11 is 0. The minimum absolute atomic E-state index is 0.0572. The van der Waals surface area contributed by atoms with E-state index < -0.39 is 0 Å². The van der Waals surface area contributed by atoms with Crippen LogP contribution in [-0.2, 0) is 0 Å². The molecule has 2 rings (SSSR count). The number of amides is 1. The summed E-state index contributed by atoms with van der Waals surface area (Å²) in [5.41, 5.74) is 2.27. The molecule has 0 unspecified atom stereocenters. The fraction of sp³-hybridized carbons (Fsp3) is 0.611. The van der Waals surface area contributed by atoms with Gasteiger partial charge in [-0.25, -0.2) is 0 Å². The van der Waals surface area contributed by atoms with Crippen molar-refractivity contribution in [2.45, 2.75) is 58.9 Å². The number of nitrogens with one attached hydrogen (secondary N) is 2. The lowest BCUT2D eigenvalue weighted by Crippen LogP contribution is -2.39. The van der Waals surface area contributed by atoms with Gasteiger partial charge >= 0.3 is 0 Å². The van der Waals surface area contributed by atoms with Gasteiger partial charge in [-0.2, -0.15) is 0 Å². The van der Waals surface area contributed by atoms with Crippen LogP contribution in [0.3, 0.4) is 0 Å². The van der Waals surface area contributed by atoms with Crippen molar-refractivity contribution in [1.82, 2.24) is 5.32 Å². The SMILES string of the molecule is CCCNc1ccc(C(=O)NC2CCC(C)(C)CC2)cc1. The largest absolute Gasteiger partial charge is 0.385 e. The van der Waals surface area contributed by atoms with E-state index in [0.717, 1.165) is 37.1 Å². The van der Waals surface area contributed by atoms with Gasteiger partial charge in [-0.1, -0.05) is 20.8 Å². The highest BCUT2D eigenvalue weighted by Crippen LogP contribution is 2.35. The highest BCUT2D eigenvalue weighted by Gasteiger charge is 2.27. The summed E-state index contributed by atoms with van der Waals surface area (Å²) in [6.45, 7) is 7.73. The molecule has 0 spiro atoms. The van der Waals surface area contributed by atoms with E-state index in [2.05, 4.69) is 31.4 Å². The van der Waals surface area contributed by atoms with E-state index in [4.69, 9.17) is 0 Å². The molecular formula is C18H28N2O. The summed E-state index contributed by atoms with van der Waals surface area (Å²) in [5, 5.41) is 6.50. The first kappa shape index (κ1) is 15.9. The molecule has 1 aliphatic rings. The molecule has 1 aromatic carbocycles. The van der Waals surface area contributed by atoms with Gasteiger partial charge < -0.3 is 10.6 Å². The van der Waals surface area contributed by atoms with Gasteiger partial charge in [-0.15, -0.1) is 0 Å². The molecule has 0 saturated heterocycles. The fourth-order valence-corrected chi connectivity index (χ4v) is 2.82. The second-order valence-electron chi connectivity index (χ2n) is 6.92. The number of carbonyl (C=O) groups excluding carboxylic acids is 1. The molecule has 0 aliphatic heterocycles. The maximum atomic E-state index is 12.3. The molecule has 3 nitrogen and oxygen atoms in total. The van der Waals surface area contributed by atoms with E-state index in [1.807, 2.05) is 24.3 Å². The summed E-state index contributed by atoms with van der Waals surface area (Å²) < 4.78 is 0. The Balaban J connectivity index is 1.86. The first-order valence-electron chi connectivity index (χ1n) is 8.15. The van der Waals surface area contributed by atoms with Gasteiger partial charge in [0.2, 0.25) is 0 Å². The van der Waals surface area contributed by atoms with Crippen molar-refractivity contribution >= 4 is 11.6 Å². The topological polar surface area (TPSA) is 41.1 Å². The Bertz CT molecular complexity index is 455. The van der Waals surface area contributed by atoms with Crippen LogP contribution in [0.2, 0.25) is 0 Å². The van der Waals surface area contributed by atoms with Gasteiger partial charge in [-0.05, 0) is 61.8 Å².